The van der Waals surface area contributed by atoms with Crippen molar-refractivity contribution in [3.05, 3.63) is 47.5 Å². The third-order valence-corrected chi connectivity index (χ3v) is 2.11. The molecular weight excluding hydrogens is 226 g/mol. The van der Waals surface area contributed by atoms with Crippen molar-refractivity contribution in [2.24, 2.45) is 0 Å². The zero-order valence-electron chi connectivity index (χ0n) is 8.52. The molecule has 0 bridgehead atoms. The maximum atomic E-state index is 10.9. The Bertz CT molecular complexity index is 437. The third kappa shape index (κ3) is 3.76. The fourth-order valence-corrected chi connectivity index (χ4v) is 1.39. The molecule has 0 saturated heterocycles. The number of benzene rings is 1. The van der Waals surface area contributed by atoms with Crippen molar-refractivity contribution >= 4 is 17.6 Å². The fourth-order valence-electron chi connectivity index (χ4n) is 1.18. The average Bonchev–Trinajstić information content (AvgIpc) is 2.28. The smallest absolute Gasteiger partial charge is 0.331 e. The number of rotatable bonds is 4. The lowest BCUT2D eigenvalue weighted by Crippen LogP contribution is -2.17. The van der Waals surface area contributed by atoms with Gasteiger partial charge in [0.2, 0.25) is 0 Å². The molecule has 3 nitrogen and oxygen atoms in total. The summed E-state index contributed by atoms with van der Waals surface area (Å²) in [4.78, 5) is 10.9. The van der Waals surface area contributed by atoms with Crippen LogP contribution in [0.25, 0.3) is 0 Å². The standard InChI is InChI=1S/C12H10ClNO2/c1-2-12(15)16-11(8-14)7-9-4-3-5-10(13)6-9/h2-6,11H,1,7H2. The number of carbonyl (C=O) groups is 1. The molecule has 0 heterocycles. The van der Waals surface area contributed by atoms with Crippen molar-refractivity contribution in [3.63, 3.8) is 0 Å². The van der Waals surface area contributed by atoms with Crippen molar-refractivity contribution in [1.82, 2.24) is 0 Å². The second-order valence-electron chi connectivity index (χ2n) is 3.09. The van der Waals surface area contributed by atoms with E-state index in [4.69, 9.17) is 21.6 Å². The van der Waals surface area contributed by atoms with E-state index in [9.17, 15) is 4.79 Å². The Morgan fingerprint density at radius 2 is 2.44 bits per heavy atom. The summed E-state index contributed by atoms with van der Waals surface area (Å²) >= 11 is 5.80. The van der Waals surface area contributed by atoms with Crippen LogP contribution >= 0.6 is 11.6 Å². The largest absolute Gasteiger partial charge is 0.443 e. The number of halogens is 1. The van der Waals surface area contributed by atoms with Crippen molar-refractivity contribution in [3.8, 4) is 6.07 Å². The minimum Gasteiger partial charge on any atom is -0.443 e. The second-order valence-corrected chi connectivity index (χ2v) is 3.53. The highest BCUT2D eigenvalue weighted by Gasteiger charge is 2.12. The quantitative estimate of drug-likeness (QED) is 0.595. The van der Waals surface area contributed by atoms with E-state index in [1.54, 1.807) is 18.2 Å². The van der Waals surface area contributed by atoms with Crippen molar-refractivity contribution in [1.29, 1.82) is 5.26 Å². The van der Waals surface area contributed by atoms with E-state index in [1.165, 1.54) is 0 Å². The summed E-state index contributed by atoms with van der Waals surface area (Å²) in [6, 6.07) is 8.97. The molecule has 0 aliphatic carbocycles. The van der Waals surface area contributed by atoms with Gasteiger partial charge < -0.3 is 4.74 Å². The molecular formula is C12H10ClNO2. The lowest BCUT2D eigenvalue weighted by atomic mass is 10.1. The molecule has 0 spiro atoms. The Morgan fingerprint density at radius 3 is 3.00 bits per heavy atom. The molecule has 0 saturated carbocycles. The number of nitrogens with zero attached hydrogens (tertiary/aromatic N) is 1. The van der Waals surface area contributed by atoms with Crippen LogP contribution in [0.4, 0.5) is 0 Å². The molecule has 0 radical (unpaired) electrons. The first-order valence-corrected chi connectivity index (χ1v) is 5.00. The van der Waals surface area contributed by atoms with Gasteiger partial charge in [-0.2, -0.15) is 5.26 Å². The summed E-state index contributed by atoms with van der Waals surface area (Å²) in [6.45, 7) is 3.26. The molecule has 0 N–H and O–H groups in total. The first-order valence-electron chi connectivity index (χ1n) is 4.63. The van der Waals surface area contributed by atoms with Crippen LogP contribution in [-0.4, -0.2) is 12.1 Å². The van der Waals surface area contributed by atoms with Crippen LogP contribution in [0, 0.1) is 11.3 Å². The number of carbonyl (C=O) groups excluding carboxylic acids is 1. The molecule has 16 heavy (non-hydrogen) atoms. The predicted molar refractivity (Wildman–Crippen MR) is 60.8 cm³/mol. The highest BCUT2D eigenvalue weighted by Crippen LogP contribution is 2.13. The van der Waals surface area contributed by atoms with Gasteiger partial charge in [0.15, 0.2) is 6.10 Å². The number of hydrogen-bond donors (Lipinski definition) is 0. The molecule has 82 valence electrons. The molecule has 1 rings (SSSR count). The van der Waals surface area contributed by atoms with E-state index in [0.29, 0.717) is 11.4 Å². The molecule has 1 aromatic rings. The van der Waals surface area contributed by atoms with E-state index in [0.717, 1.165) is 11.6 Å². The van der Waals surface area contributed by atoms with Gasteiger partial charge in [0.05, 0.1) is 0 Å². The van der Waals surface area contributed by atoms with Gasteiger partial charge in [0, 0.05) is 17.5 Å². The highest BCUT2D eigenvalue weighted by molar-refractivity contribution is 6.30. The number of nitriles is 1. The third-order valence-electron chi connectivity index (χ3n) is 1.88. The van der Waals surface area contributed by atoms with Gasteiger partial charge in [-0.3, -0.25) is 0 Å². The van der Waals surface area contributed by atoms with Gasteiger partial charge in [0.1, 0.15) is 6.07 Å². The molecule has 0 aromatic heterocycles. The molecule has 1 unspecified atom stereocenters. The van der Waals surface area contributed by atoms with E-state index < -0.39 is 12.1 Å². The highest BCUT2D eigenvalue weighted by atomic mass is 35.5. The second kappa shape index (κ2) is 5.94. The van der Waals surface area contributed by atoms with Gasteiger partial charge in [-0.1, -0.05) is 30.3 Å². The zero-order chi connectivity index (χ0) is 12.0. The van der Waals surface area contributed by atoms with Crippen LogP contribution in [0.5, 0.6) is 0 Å². The Balaban J connectivity index is 2.67. The lowest BCUT2D eigenvalue weighted by Gasteiger charge is -2.09. The zero-order valence-corrected chi connectivity index (χ0v) is 9.28. The summed E-state index contributed by atoms with van der Waals surface area (Å²) < 4.78 is 4.83. The van der Waals surface area contributed by atoms with Crippen LogP contribution in [0.1, 0.15) is 5.56 Å². The first kappa shape index (κ1) is 12.3. The van der Waals surface area contributed by atoms with Gasteiger partial charge >= 0.3 is 5.97 Å². The van der Waals surface area contributed by atoms with Gasteiger partial charge in [0.25, 0.3) is 0 Å². The van der Waals surface area contributed by atoms with E-state index in [2.05, 4.69) is 6.58 Å². The molecule has 1 aromatic carbocycles. The van der Waals surface area contributed by atoms with E-state index in [1.807, 2.05) is 12.1 Å². The number of esters is 1. The SMILES string of the molecule is C=CC(=O)OC(C#N)Cc1cccc(Cl)c1. The molecule has 4 heteroatoms. The monoisotopic (exact) mass is 235 g/mol. The fraction of sp³-hybridized carbons (Fsp3) is 0.167. The Labute approximate surface area is 98.9 Å². The number of ether oxygens (including phenoxy) is 1. The Kier molecular flexibility index (Phi) is 4.56. The molecule has 0 amide bonds. The van der Waals surface area contributed by atoms with Gasteiger partial charge in [-0.05, 0) is 17.7 Å². The maximum Gasteiger partial charge on any atom is 0.331 e. The maximum absolute atomic E-state index is 10.9. The Hall–Kier alpha value is -1.79. The summed E-state index contributed by atoms with van der Waals surface area (Å²) in [5.41, 5.74) is 0.843. The van der Waals surface area contributed by atoms with Crippen LogP contribution in [-0.2, 0) is 16.0 Å². The minimum atomic E-state index is -0.816. The van der Waals surface area contributed by atoms with Gasteiger partial charge in [-0.15, -0.1) is 0 Å². The summed E-state index contributed by atoms with van der Waals surface area (Å²) in [5.74, 6) is -0.603. The van der Waals surface area contributed by atoms with Crippen molar-refractivity contribution in [2.75, 3.05) is 0 Å². The molecule has 0 fully saturated rings. The summed E-state index contributed by atoms with van der Waals surface area (Å²) in [6.07, 6.45) is 0.530. The topological polar surface area (TPSA) is 50.1 Å². The first-order chi connectivity index (χ1) is 7.65. The van der Waals surface area contributed by atoms with E-state index in [-0.39, 0.29) is 0 Å². The molecule has 0 aliphatic rings. The average molecular weight is 236 g/mol. The van der Waals surface area contributed by atoms with Crippen molar-refractivity contribution < 1.29 is 9.53 Å². The van der Waals surface area contributed by atoms with E-state index >= 15 is 0 Å². The minimum absolute atomic E-state index is 0.316. The molecule has 0 aliphatic heterocycles. The Morgan fingerprint density at radius 1 is 1.69 bits per heavy atom. The predicted octanol–water partition coefficient (Wildman–Crippen LogP) is 2.50. The normalized spacial score (nSPS) is 11.2. The summed E-state index contributed by atoms with van der Waals surface area (Å²) in [5, 5.41) is 9.39. The van der Waals surface area contributed by atoms with Crippen LogP contribution in [0.2, 0.25) is 5.02 Å². The van der Waals surface area contributed by atoms with Crippen molar-refractivity contribution in [2.45, 2.75) is 12.5 Å². The van der Waals surface area contributed by atoms with Crippen LogP contribution < -0.4 is 0 Å². The lowest BCUT2D eigenvalue weighted by molar-refractivity contribution is -0.140. The number of hydrogen-bond acceptors (Lipinski definition) is 3. The van der Waals surface area contributed by atoms with Crippen LogP contribution in [0.15, 0.2) is 36.9 Å². The summed E-state index contributed by atoms with van der Waals surface area (Å²) in [7, 11) is 0. The molecule has 1 atom stereocenters. The van der Waals surface area contributed by atoms with Crippen LogP contribution in [0.3, 0.4) is 0 Å². The van der Waals surface area contributed by atoms with Gasteiger partial charge in [-0.25, -0.2) is 4.79 Å².